The number of aromatic nitrogens is 1. The second-order valence-corrected chi connectivity index (χ2v) is 12.1. The second kappa shape index (κ2) is 13.3. The van der Waals surface area contributed by atoms with Gasteiger partial charge in [0, 0.05) is 55.2 Å². The Morgan fingerprint density at radius 1 is 1.17 bits per heavy atom. The van der Waals surface area contributed by atoms with E-state index in [4.69, 9.17) is 32.2 Å². The van der Waals surface area contributed by atoms with E-state index in [0.717, 1.165) is 0 Å². The van der Waals surface area contributed by atoms with Crippen LogP contribution in [0.1, 0.15) is 27.7 Å². The zero-order valence-electron chi connectivity index (χ0n) is 24.6. The Bertz CT molecular complexity index is 1880. The first-order valence-corrected chi connectivity index (χ1v) is 15.0. The molecule has 1 aliphatic heterocycles. The SMILES string of the molecule is CN(C)C(=O)c1c(Cl)cccc1[S+]([O-])c1ccc(Oc2c(F)cnc(Oc3cc(C(=N)N)ccc3O)c2F)c(C2N=CCN2C)c1. The number of phenolic OH excluding ortho intramolecular Hbond substituents is 1. The van der Waals surface area contributed by atoms with E-state index in [-0.39, 0.29) is 43.3 Å². The number of aromatic hydroxyl groups is 1. The molecule has 1 amide bonds. The number of ether oxygens (including phenoxy) is 2. The number of nitrogen functional groups attached to an aromatic ring is 1. The van der Waals surface area contributed by atoms with Gasteiger partial charge in [0.2, 0.25) is 11.6 Å². The molecule has 0 radical (unpaired) electrons. The van der Waals surface area contributed by atoms with E-state index >= 15 is 8.78 Å². The Hall–Kier alpha value is -4.76. The van der Waals surface area contributed by atoms with Crippen LogP contribution < -0.4 is 15.2 Å². The molecular formula is C31H27ClF2N6O5S. The van der Waals surface area contributed by atoms with Crippen molar-refractivity contribution in [2.24, 2.45) is 10.7 Å². The largest absolute Gasteiger partial charge is 0.606 e. The molecule has 0 spiro atoms. The molecule has 0 fully saturated rings. The summed E-state index contributed by atoms with van der Waals surface area (Å²) in [7, 11) is 4.88. The van der Waals surface area contributed by atoms with Gasteiger partial charge in [0.15, 0.2) is 27.1 Å². The first-order valence-electron chi connectivity index (χ1n) is 13.5. The van der Waals surface area contributed by atoms with Crippen LogP contribution in [0.5, 0.6) is 28.9 Å². The van der Waals surface area contributed by atoms with Gasteiger partial charge in [-0.1, -0.05) is 17.7 Å². The molecular weight excluding hydrogens is 642 g/mol. The summed E-state index contributed by atoms with van der Waals surface area (Å²) in [6, 6.07) is 12.8. The summed E-state index contributed by atoms with van der Waals surface area (Å²) in [5.74, 6) is -5.50. The molecule has 3 aromatic carbocycles. The first kappa shape index (κ1) is 32.6. The molecule has 0 saturated carbocycles. The molecule has 0 saturated heterocycles. The fourth-order valence-electron chi connectivity index (χ4n) is 4.54. The third-order valence-electron chi connectivity index (χ3n) is 6.89. The van der Waals surface area contributed by atoms with E-state index in [1.807, 2.05) is 4.90 Å². The molecule has 238 valence electrons. The van der Waals surface area contributed by atoms with Crippen molar-refractivity contribution in [1.29, 1.82) is 5.41 Å². The van der Waals surface area contributed by atoms with Gasteiger partial charge in [0.25, 0.3) is 11.8 Å². The number of hydrogen-bond acceptors (Lipinski definition) is 9. The molecule has 0 bridgehead atoms. The number of carbonyl (C=O) groups is 1. The van der Waals surface area contributed by atoms with Crippen molar-refractivity contribution in [2.45, 2.75) is 16.0 Å². The average Bonchev–Trinajstić information content (AvgIpc) is 3.46. The van der Waals surface area contributed by atoms with Crippen LogP contribution in [0, 0.1) is 17.0 Å². The summed E-state index contributed by atoms with van der Waals surface area (Å²) in [5.41, 5.74) is 6.09. The number of hydrogen-bond donors (Lipinski definition) is 3. The maximum atomic E-state index is 15.7. The fraction of sp³-hybridized carbons (Fsp3) is 0.161. The van der Waals surface area contributed by atoms with Gasteiger partial charge < -0.3 is 29.8 Å². The Labute approximate surface area is 270 Å². The molecule has 5 rings (SSSR count). The van der Waals surface area contributed by atoms with Crippen molar-refractivity contribution in [3.8, 4) is 28.9 Å². The highest BCUT2D eigenvalue weighted by atomic mass is 35.5. The van der Waals surface area contributed by atoms with E-state index in [1.54, 1.807) is 33.4 Å². The second-order valence-electron chi connectivity index (χ2n) is 10.3. The molecule has 46 heavy (non-hydrogen) atoms. The summed E-state index contributed by atoms with van der Waals surface area (Å²) < 4.78 is 55.8. The van der Waals surface area contributed by atoms with Gasteiger partial charge in [-0.05, 0) is 49.5 Å². The van der Waals surface area contributed by atoms with Crippen molar-refractivity contribution in [3.05, 3.63) is 94.1 Å². The number of nitrogens with zero attached hydrogens (tertiary/aromatic N) is 4. The number of pyridine rings is 1. The van der Waals surface area contributed by atoms with Crippen LogP contribution in [0.4, 0.5) is 8.78 Å². The predicted octanol–water partition coefficient (Wildman–Crippen LogP) is 5.47. The van der Waals surface area contributed by atoms with Crippen molar-refractivity contribution in [1.82, 2.24) is 14.8 Å². The number of aliphatic imine (C=N–C) groups is 1. The standard InChI is InChI=1S/C31H27ClF2N6O5S/c1-39(2)31(42)25-19(32)5-4-6-24(25)46(43)17-8-10-22(18(14-17)29-37-11-12-40(29)3)44-27-20(33)15-38-30(26(27)34)45-23-13-16(28(35)36)7-9-21(23)41/h4-11,13-15,29,41H,12H2,1-3H3,(H3,35,36). The highest BCUT2D eigenvalue weighted by molar-refractivity contribution is 7.91. The molecule has 11 nitrogen and oxygen atoms in total. The number of carbonyl (C=O) groups excluding carboxylic acids is 1. The Morgan fingerprint density at radius 2 is 1.93 bits per heavy atom. The van der Waals surface area contributed by atoms with E-state index < -0.39 is 52.3 Å². The monoisotopic (exact) mass is 668 g/mol. The van der Waals surface area contributed by atoms with E-state index in [2.05, 4.69) is 9.98 Å². The zero-order valence-corrected chi connectivity index (χ0v) is 26.2. The van der Waals surface area contributed by atoms with Crippen molar-refractivity contribution in [2.75, 3.05) is 27.7 Å². The van der Waals surface area contributed by atoms with Gasteiger partial charge in [0.05, 0.1) is 11.2 Å². The molecule has 4 aromatic rings. The number of amides is 1. The minimum absolute atomic E-state index is 0.0105. The highest BCUT2D eigenvalue weighted by Crippen LogP contribution is 2.41. The summed E-state index contributed by atoms with van der Waals surface area (Å²) in [4.78, 5) is 24.6. The van der Waals surface area contributed by atoms with Crippen LogP contribution in [0.2, 0.25) is 5.02 Å². The molecule has 2 atom stereocenters. The fourth-order valence-corrected chi connectivity index (χ4v) is 6.11. The molecule has 2 unspecified atom stereocenters. The lowest BCUT2D eigenvalue weighted by Crippen LogP contribution is -2.24. The highest BCUT2D eigenvalue weighted by Gasteiger charge is 2.31. The van der Waals surface area contributed by atoms with Crippen LogP contribution >= 0.6 is 11.6 Å². The molecule has 1 aromatic heterocycles. The number of rotatable bonds is 9. The lowest BCUT2D eigenvalue weighted by Gasteiger charge is -2.23. The molecule has 1 aliphatic rings. The van der Waals surface area contributed by atoms with Crippen LogP contribution in [0.25, 0.3) is 0 Å². The number of halogens is 3. The minimum atomic E-state index is -1.91. The lowest BCUT2D eigenvalue weighted by molar-refractivity contribution is 0.0824. The van der Waals surface area contributed by atoms with E-state index in [1.165, 1.54) is 53.4 Å². The topological polar surface area (TPSA) is 160 Å². The van der Waals surface area contributed by atoms with Crippen LogP contribution in [-0.4, -0.2) is 70.1 Å². The van der Waals surface area contributed by atoms with Gasteiger partial charge in [-0.3, -0.25) is 20.1 Å². The van der Waals surface area contributed by atoms with Crippen LogP contribution in [0.3, 0.4) is 0 Å². The summed E-state index contributed by atoms with van der Waals surface area (Å²) in [6.07, 6.45) is 1.68. The summed E-state index contributed by atoms with van der Waals surface area (Å²) in [5, 5.41) is 17.9. The lowest BCUT2D eigenvalue weighted by atomic mass is 10.1. The van der Waals surface area contributed by atoms with Crippen LogP contribution in [0.15, 0.2) is 75.6 Å². The Morgan fingerprint density at radius 3 is 2.61 bits per heavy atom. The molecule has 4 N–H and O–H groups in total. The Kier molecular flexibility index (Phi) is 9.44. The van der Waals surface area contributed by atoms with Gasteiger partial charge in [0.1, 0.15) is 23.3 Å². The smallest absolute Gasteiger partial charge is 0.260 e. The first-order chi connectivity index (χ1) is 21.9. The van der Waals surface area contributed by atoms with Crippen molar-refractivity contribution in [3.63, 3.8) is 0 Å². The van der Waals surface area contributed by atoms with Gasteiger partial charge in [-0.25, -0.2) is 9.37 Å². The van der Waals surface area contributed by atoms with E-state index in [9.17, 15) is 14.5 Å². The molecule has 2 heterocycles. The van der Waals surface area contributed by atoms with Crippen LogP contribution in [-0.2, 0) is 11.2 Å². The third kappa shape index (κ3) is 6.46. The van der Waals surface area contributed by atoms with Crippen molar-refractivity contribution < 1.29 is 32.7 Å². The van der Waals surface area contributed by atoms with Gasteiger partial charge in [-0.2, -0.15) is 4.39 Å². The Balaban J connectivity index is 1.55. The number of amidine groups is 1. The predicted molar refractivity (Wildman–Crippen MR) is 168 cm³/mol. The third-order valence-corrected chi connectivity index (χ3v) is 8.63. The van der Waals surface area contributed by atoms with E-state index in [0.29, 0.717) is 18.3 Å². The molecule has 0 aliphatic carbocycles. The summed E-state index contributed by atoms with van der Waals surface area (Å²) >= 11 is 4.44. The zero-order chi connectivity index (χ0) is 33.3. The van der Waals surface area contributed by atoms with Gasteiger partial charge in [-0.15, -0.1) is 0 Å². The number of phenols is 1. The molecule has 15 heteroatoms. The maximum Gasteiger partial charge on any atom is 0.260 e. The van der Waals surface area contributed by atoms with Gasteiger partial charge >= 0.3 is 0 Å². The number of nitrogens with two attached hydrogens (primary N) is 1. The normalized spacial score (nSPS) is 15.1. The summed E-state index contributed by atoms with van der Waals surface area (Å²) in [6.45, 7) is 0.464. The van der Waals surface area contributed by atoms with Crippen molar-refractivity contribution >= 4 is 40.7 Å². The number of nitrogens with one attached hydrogen (secondary N) is 1. The quantitative estimate of drug-likeness (QED) is 0.120. The minimum Gasteiger partial charge on any atom is -0.606 e. The number of benzene rings is 3. The average molecular weight is 669 g/mol. The maximum absolute atomic E-state index is 15.7.